The SMILES string of the molecule is CCN(Cc1cccc(C)n1)C(=O)CCNC1CC1. The minimum atomic E-state index is 0.207. The van der Waals surface area contributed by atoms with E-state index in [9.17, 15) is 4.79 Å². The van der Waals surface area contributed by atoms with Gasteiger partial charge in [0.2, 0.25) is 5.91 Å². The average Bonchev–Trinajstić information content (AvgIpc) is 3.20. The number of hydrogen-bond donors (Lipinski definition) is 1. The van der Waals surface area contributed by atoms with Crippen LogP contribution in [0.25, 0.3) is 0 Å². The van der Waals surface area contributed by atoms with Crippen LogP contribution in [0, 0.1) is 6.92 Å². The van der Waals surface area contributed by atoms with E-state index in [0.29, 0.717) is 19.0 Å². The van der Waals surface area contributed by atoms with Crippen molar-refractivity contribution in [1.29, 1.82) is 0 Å². The van der Waals surface area contributed by atoms with Crippen LogP contribution in [0.2, 0.25) is 0 Å². The quantitative estimate of drug-likeness (QED) is 0.815. The number of nitrogens with one attached hydrogen (secondary N) is 1. The zero-order chi connectivity index (χ0) is 13.7. The van der Waals surface area contributed by atoms with Crippen molar-refractivity contribution in [3.05, 3.63) is 29.6 Å². The standard InChI is InChI=1S/C15H23N3O/c1-3-18(11-14-6-4-5-12(2)17-14)15(19)9-10-16-13-7-8-13/h4-6,13,16H,3,7-11H2,1-2H3. The second kappa shape index (κ2) is 6.66. The van der Waals surface area contributed by atoms with Gasteiger partial charge >= 0.3 is 0 Å². The van der Waals surface area contributed by atoms with E-state index < -0.39 is 0 Å². The second-order valence-electron chi connectivity index (χ2n) is 5.16. The summed E-state index contributed by atoms with van der Waals surface area (Å²) in [5.74, 6) is 0.207. The van der Waals surface area contributed by atoms with Gasteiger partial charge in [-0.2, -0.15) is 0 Å². The molecule has 0 spiro atoms. The summed E-state index contributed by atoms with van der Waals surface area (Å²) in [6.45, 7) is 6.13. The molecule has 0 bridgehead atoms. The fourth-order valence-electron chi connectivity index (χ4n) is 2.09. The molecule has 1 heterocycles. The molecule has 1 aliphatic rings. The number of nitrogens with zero attached hydrogens (tertiary/aromatic N) is 2. The van der Waals surface area contributed by atoms with Crippen LogP contribution in [0.1, 0.15) is 37.6 Å². The van der Waals surface area contributed by atoms with Crippen molar-refractivity contribution in [2.24, 2.45) is 0 Å². The van der Waals surface area contributed by atoms with E-state index in [1.165, 1.54) is 12.8 Å². The monoisotopic (exact) mass is 261 g/mol. The maximum atomic E-state index is 12.1. The predicted molar refractivity (Wildman–Crippen MR) is 75.7 cm³/mol. The molecule has 1 fully saturated rings. The van der Waals surface area contributed by atoms with Crippen LogP contribution >= 0.6 is 0 Å². The molecular formula is C15H23N3O. The Morgan fingerprint density at radius 3 is 2.89 bits per heavy atom. The predicted octanol–water partition coefficient (Wildman–Crippen LogP) is 1.88. The number of hydrogen-bond acceptors (Lipinski definition) is 3. The zero-order valence-electron chi connectivity index (χ0n) is 11.9. The summed E-state index contributed by atoms with van der Waals surface area (Å²) in [6, 6.07) is 6.61. The smallest absolute Gasteiger partial charge is 0.224 e. The topological polar surface area (TPSA) is 45.2 Å². The van der Waals surface area contributed by atoms with Gasteiger partial charge < -0.3 is 10.2 Å². The van der Waals surface area contributed by atoms with E-state index in [0.717, 1.165) is 24.5 Å². The van der Waals surface area contributed by atoms with Gasteiger partial charge in [-0.05, 0) is 38.8 Å². The van der Waals surface area contributed by atoms with Crippen LogP contribution in [0.15, 0.2) is 18.2 Å². The Balaban J connectivity index is 1.82. The number of carbonyl (C=O) groups excluding carboxylic acids is 1. The maximum absolute atomic E-state index is 12.1. The van der Waals surface area contributed by atoms with Crippen molar-refractivity contribution in [2.75, 3.05) is 13.1 Å². The van der Waals surface area contributed by atoms with Gasteiger partial charge in [0.1, 0.15) is 0 Å². The zero-order valence-corrected chi connectivity index (χ0v) is 11.9. The Hall–Kier alpha value is -1.42. The summed E-state index contributed by atoms with van der Waals surface area (Å²) in [6.07, 6.45) is 3.11. The minimum absolute atomic E-state index is 0.207. The molecule has 0 unspecified atom stereocenters. The number of rotatable bonds is 7. The summed E-state index contributed by atoms with van der Waals surface area (Å²) in [4.78, 5) is 18.4. The summed E-state index contributed by atoms with van der Waals surface area (Å²) in [5.41, 5.74) is 1.96. The van der Waals surface area contributed by atoms with Gasteiger partial charge in [-0.25, -0.2) is 0 Å². The van der Waals surface area contributed by atoms with E-state index in [2.05, 4.69) is 10.3 Å². The molecular weight excluding hydrogens is 238 g/mol. The van der Waals surface area contributed by atoms with Gasteiger partial charge in [0.25, 0.3) is 0 Å². The molecule has 0 aromatic carbocycles. The lowest BCUT2D eigenvalue weighted by molar-refractivity contribution is -0.131. The molecule has 1 saturated carbocycles. The number of amides is 1. The summed E-state index contributed by atoms with van der Waals surface area (Å²) in [7, 11) is 0. The normalized spacial score (nSPS) is 14.4. The Morgan fingerprint density at radius 2 is 2.26 bits per heavy atom. The first-order valence-corrected chi connectivity index (χ1v) is 7.12. The molecule has 0 radical (unpaired) electrons. The maximum Gasteiger partial charge on any atom is 0.224 e. The Morgan fingerprint density at radius 1 is 1.47 bits per heavy atom. The average molecular weight is 261 g/mol. The number of aromatic nitrogens is 1. The largest absolute Gasteiger partial charge is 0.337 e. The Bertz CT molecular complexity index is 429. The number of carbonyl (C=O) groups is 1. The van der Waals surface area contributed by atoms with Crippen LogP contribution in [0.4, 0.5) is 0 Å². The molecule has 1 N–H and O–H groups in total. The van der Waals surface area contributed by atoms with Crippen LogP contribution < -0.4 is 5.32 Å². The molecule has 1 aromatic heterocycles. The molecule has 0 atom stereocenters. The fourth-order valence-corrected chi connectivity index (χ4v) is 2.09. The summed E-state index contributed by atoms with van der Waals surface area (Å²) < 4.78 is 0. The van der Waals surface area contributed by atoms with Crippen molar-refractivity contribution in [1.82, 2.24) is 15.2 Å². The molecule has 19 heavy (non-hydrogen) atoms. The van der Waals surface area contributed by atoms with Crippen molar-refractivity contribution in [2.45, 2.75) is 45.7 Å². The van der Waals surface area contributed by atoms with E-state index in [1.54, 1.807) is 0 Å². The van der Waals surface area contributed by atoms with Gasteiger partial charge in [-0.15, -0.1) is 0 Å². The third-order valence-electron chi connectivity index (χ3n) is 3.38. The van der Waals surface area contributed by atoms with Gasteiger partial charge in [-0.3, -0.25) is 9.78 Å². The lowest BCUT2D eigenvalue weighted by Gasteiger charge is -2.20. The molecule has 1 amide bonds. The highest BCUT2D eigenvalue weighted by molar-refractivity contribution is 5.76. The first-order chi connectivity index (χ1) is 9.19. The van der Waals surface area contributed by atoms with Gasteiger partial charge in [0.05, 0.1) is 12.2 Å². The lowest BCUT2D eigenvalue weighted by atomic mass is 10.2. The summed E-state index contributed by atoms with van der Waals surface area (Å²) >= 11 is 0. The molecule has 0 aliphatic heterocycles. The molecule has 4 heteroatoms. The highest BCUT2D eigenvalue weighted by atomic mass is 16.2. The van der Waals surface area contributed by atoms with E-state index in [1.807, 2.05) is 36.9 Å². The number of pyridine rings is 1. The van der Waals surface area contributed by atoms with Crippen molar-refractivity contribution < 1.29 is 4.79 Å². The third kappa shape index (κ3) is 4.63. The first-order valence-electron chi connectivity index (χ1n) is 7.12. The molecule has 0 saturated heterocycles. The van der Waals surface area contributed by atoms with Crippen molar-refractivity contribution >= 4 is 5.91 Å². The molecule has 104 valence electrons. The fraction of sp³-hybridized carbons (Fsp3) is 0.600. The van der Waals surface area contributed by atoms with E-state index in [4.69, 9.17) is 0 Å². The molecule has 1 aromatic rings. The minimum Gasteiger partial charge on any atom is -0.337 e. The van der Waals surface area contributed by atoms with Crippen LogP contribution in [-0.4, -0.2) is 34.9 Å². The van der Waals surface area contributed by atoms with Crippen LogP contribution in [0.5, 0.6) is 0 Å². The second-order valence-corrected chi connectivity index (χ2v) is 5.16. The Kier molecular flexibility index (Phi) is 4.91. The lowest BCUT2D eigenvalue weighted by Crippen LogP contribution is -2.33. The number of aryl methyl sites for hydroxylation is 1. The van der Waals surface area contributed by atoms with E-state index in [-0.39, 0.29) is 5.91 Å². The molecule has 4 nitrogen and oxygen atoms in total. The van der Waals surface area contributed by atoms with Gasteiger partial charge in [0, 0.05) is 31.2 Å². The molecule has 2 rings (SSSR count). The highest BCUT2D eigenvalue weighted by Gasteiger charge is 2.21. The van der Waals surface area contributed by atoms with E-state index >= 15 is 0 Å². The van der Waals surface area contributed by atoms with Crippen molar-refractivity contribution in [3.63, 3.8) is 0 Å². The summed E-state index contributed by atoms with van der Waals surface area (Å²) in [5, 5.41) is 3.38. The molecule has 1 aliphatic carbocycles. The van der Waals surface area contributed by atoms with Crippen LogP contribution in [0.3, 0.4) is 0 Å². The van der Waals surface area contributed by atoms with Gasteiger partial charge in [-0.1, -0.05) is 6.07 Å². The Labute approximate surface area is 115 Å². The highest BCUT2D eigenvalue weighted by Crippen LogP contribution is 2.18. The van der Waals surface area contributed by atoms with Gasteiger partial charge in [0.15, 0.2) is 0 Å². The third-order valence-corrected chi connectivity index (χ3v) is 3.38. The van der Waals surface area contributed by atoms with Crippen molar-refractivity contribution in [3.8, 4) is 0 Å². The first kappa shape index (κ1) is 14.0. The van der Waals surface area contributed by atoms with Crippen LogP contribution in [-0.2, 0) is 11.3 Å².